The molecule has 1 spiro atoms. The number of hydrogen-bond donors (Lipinski definition) is 1. The molecule has 0 radical (unpaired) electrons. The molecule has 7 heteroatoms. The number of benzene rings is 1. The van der Waals surface area contributed by atoms with E-state index in [1.807, 2.05) is 46.7 Å². The fraction of sp³-hybridized carbons (Fsp3) is 0.444. The number of aliphatic hydroxyl groups is 1. The molecule has 2 aliphatic rings. The van der Waals surface area contributed by atoms with Gasteiger partial charge in [0, 0.05) is 41.4 Å². The van der Waals surface area contributed by atoms with Gasteiger partial charge in [-0.05, 0) is 37.1 Å². The van der Waals surface area contributed by atoms with Gasteiger partial charge in [-0.2, -0.15) is 0 Å². The lowest BCUT2D eigenvalue weighted by molar-refractivity contribution is -0.160. The number of aryl methyl sites for hydroxylation is 1. The molecule has 0 bridgehead atoms. The fourth-order valence-corrected chi connectivity index (χ4v) is 6.46. The van der Waals surface area contributed by atoms with E-state index < -0.39 is 5.60 Å². The number of hydrogen-bond acceptors (Lipinski definition) is 5. The molecule has 34 heavy (non-hydrogen) atoms. The van der Waals surface area contributed by atoms with Crippen LogP contribution in [0.15, 0.2) is 65.0 Å². The summed E-state index contributed by atoms with van der Waals surface area (Å²) in [7, 11) is 0. The summed E-state index contributed by atoms with van der Waals surface area (Å²) in [5.41, 5.74) is -0.0395. The van der Waals surface area contributed by atoms with Crippen molar-refractivity contribution in [3.63, 3.8) is 0 Å². The van der Waals surface area contributed by atoms with Crippen LogP contribution in [-0.2, 0) is 17.8 Å². The van der Waals surface area contributed by atoms with Gasteiger partial charge >= 0.3 is 0 Å². The first-order valence-electron chi connectivity index (χ1n) is 12.1. The summed E-state index contributed by atoms with van der Waals surface area (Å²) in [6, 6.07) is 15.3. The van der Waals surface area contributed by atoms with E-state index in [0.29, 0.717) is 31.6 Å². The Kier molecular flexibility index (Phi) is 6.40. The zero-order chi connectivity index (χ0) is 23.6. The lowest BCUT2D eigenvalue weighted by Crippen LogP contribution is -2.62. The molecule has 6 nitrogen and oxygen atoms in total. The van der Waals surface area contributed by atoms with E-state index in [4.69, 9.17) is 0 Å². The molecular weight excluding hydrogens is 446 g/mol. The van der Waals surface area contributed by atoms with Crippen LogP contribution in [0.3, 0.4) is 0 Å². The second-order valence-electron chi connectivity index (χ2n) is 9.77. The van der Waals surface area contributed by atoms with Crippen LogP contribution in [0.5, 0.6) is 0 Å². The maximum absolute atomic E-state index is 13.0. The predicted molar refractivity (Wildman–Crippen MR) is 134 cm³/mol. The van der Waals surface area contributed by atoms with Crippen LogP contribution in [0.2, 0.25) is 0 Å². The molecule has 1 amide bonds. The molecule has 1 aromatic carbocycles. The molecule has 178 valence electrons. The molecule has 1 saturated heterocycles. The van der Waals surface area contributed by atoms with E-state index in [0.717, 1.165) is 37.7 Å². The maximum atomic E-state index is 13.0. The zero-order valence-corrected chi connectivity index (χ0v) is 20.2. The minimum Gasteiger partial charge on any atom is -0.387 e. The molecule has 2 aromatic heterocycles. The number of nitrogens with zero attached hydrogens (tertiary/aromatic N) is 3. The Hall–Kier alpha value is -2.77. The Labute approximate surface area is 203 Å². The van der Waals surface area contributed by atoms with Crippen molar-refractivity contribution in [2.24, 2.45) is 5.41 Å². The van der Waals surface area contributed by atoms with Gasteiger partial charge in [-0.1, -0.05) is 49.2 Å². The van der Waals surface area contributed by atoms with E-state index >= 15 is 0 Å². The summed E-state index contributed by atoms with van der Waals surface area (Å²) < 4.78 is 1.54. The first-order valence-corrected chi connectivity index (χ1v) is 13.0. The van der Waals surface area contributed by atoms with Crippen LogP contribution in [-0.4, -0.2) is 44.2 Å². The zero-order valence-electron chi connectivity index (χ0n) is 19.4. The van der Waals surface area contributed by atoms with Crippen molar-refractivity contribution in [1.29, 1.82) is 0 Å². The summed E-state index contributed by atoms with van der Waals surface area (Å²) in [6.07, 6.45) is 7.14. The van der Waals surface area contributed by atoms with Crippen LogP contribution >= 0.6 is 11.3 Å². The number of aromatic nitrogens is 2. The Bertz CT molecular complexity index is 1190. The highest BCUT2D eigenvalue weighted by atomic mass is 32.1. The van der Waals surface area contributed by atoms with Crippen LogP contribution in [0.4, 0.5) is 0 Å². The molecule has 5 rings (SSSR count). The van der Waals surface area contributed by atoms with Gasteiger partial charge in [-0.3, -0.25) is 14.2 Å². The molecule has 3 heterocycles. The van der Waals surface area contributed by atoms with Gasteiger partial charge in [0.05, 0.1) is 24.2 Å². The topological polar surface area (TPSA) is 75.4 Å². The SMILES string of the molecule is O=C(CCc1cccs1)N1CC[C@@](O)(Cn2cnc(-c3ccccc3)cc2=O)C2(CCCC2)C1. The third-order valence-corrected chi connectivity index (χ3v) is 8.67. The minimum absolute atomic E-state index is 0.160. The molecule has 1 aliphatic heterocycles. The van der Waals surface area contributed by atoms with Crippen molar-refractivity contribution >= 4 is 17.2 Å². The van der Waals surface area contributed by atoms with E-state index in [9.17, 15) is 14.7 Å². The highest BCUT2D eigenvalue weighted by molar-refractivity contribution is 7.09. The van der Waals surface area contributed by atoms with Gasteiger partial charge < -0.3 is 10.0 Å². The average Bonchev–Trinajstić information content (AvgIpc) is 3.55. The summed E-state index contributed by atoms with van der Waals surface area (Å²) in [4.78, 5) is 33.6. The monoisotopic (exact) mass is 477 g/mol. The fourth-order valence-electron chi connectivity index (χ4n) is 5.75. The summed E-state index contributed by atoms with van der Waals surface area (Å²) >= 11 is 1.68. The number of likely N-dealkylation sites (tertiary alicyclic amines) is 1. The van der Waals surface area contributed by atoms with Gasteiger partial charge in [0.2, 0.25) is 5.91 Å². The van der Waals surface area contributed by atoms with Crippen molar-refractivity contribution in [3.05, 3.63) is 75.5 Å². The quantitative estimate of drug-likeness (QED) is 0.579. The number of carbonyl (C=O) groups excluding carboxylic acids is 1. The van der Waals surface area contributed by atoms with E-state index in [1.165, 1.54) is 4.88 Å². The number of amides is 1. The maximum Gasteiger partial charge on any atom is 0.253 e. The van der Waals surface area contributed by atoms with Gasteiger partial charge in [0.15, 0.2) is 0 Å². The van der Waals surface area contributed by atoms with Crippen LogP contribution < -0.4 is 5.56 Å². The first-order chi connectivity index (χ1) is 16.5. The Morgan fingerprint density at radius 2 is 1.88 bits per heavy atom. The van der Waals surface area contributed by atoms with Crippen molar-refractivity contribution < 1.29 is 9.90 Å². The lowest BCUT2D eigenvalue weighted by Gasteiger charge is -2.52. The standard InChI is InChI=1S/C27H31N3O3S/c31-24(11-10-22-9-6-16-34-22)29-15-14-27(33,26(18-29)12-4-5-13-26)19-30-20-28-23(17-25(30)32)21-7-2-1-3-8-21/h1-3,6-9,16-17,20,33H,4-5,10-15,18-19H2/t27-/m1/s1. The van der Waals surface area contributed by atoms with Gasteiger partial charge in [0.25, 0.3) is 5.56 Å². The minimum atomic E-state index is -1.03. The Morgan fingerprint density at radius 1 is 1.09 bits per heavy atom. The molecule has 0 unspecified atom stereocenters. The molecule has 1 saturated carbocycles. The third-order valence-electron chi connectivity index (χ3n) is 7.74. The van der Waals surface area contributed by atoms with E-state index in [-0.39, 0.29) is 23.4 Å². The predicted octanol–water partition coefficient (Wildman–Crippen LogP) is 4.13. The molecule has 1 N–H and O–H groups in total. The van der Waals surface area contributed by atoms with Crippen LogP contribution in [0, 0.1) is 5.41 Å². The number of rotatable bonds is 6. The molecule has 1 aliphatic carbocycles. The molecule has 1 atom stereocenters. The average molecular weight is 478 g/mol. The third kappa shape index (κ3) is 4.46. The number of piperidine rings is 1. The van der Waals surface area contributed by atoms with E-state index in [1.54, 1.807) is 28.3 Å². The molecule has 2 fully saturated rings. The van der Waals surface area contributed by atoms with Gasteiger partial charge in [-0.15, -0.1) is 11.3 Å². The van der Waals surface area contributed by atoms with Crippen molar-refractivity contribution in [3.8, 4) is 11.3 Å². The molecular formula is C27H31N3O3S. The van der Waals surface area contributed by atoms with Gasteiger partial charge in [0.1, 0.15) is 0 Å². The van der Waals surface area contributed by atoms with Crippen molar-refractivity contribution in [2.75, 3.05) is 13.1 Å². The molecule has 3 aromatic rings. The van der Waals surface area contributed by atoms with E-state index in [2.05, 4.69) is 11.1 Å². The Morgan fingerprint density at radius 3 is 2.59 bits per heavy atom. The summed E-state index contributed by atoms with van der Waals surface area (Å²) in [5.74, 6) is 0.160. The highest BCUT2D eigenvalue weighted by Crippen LogP contribution is 2.51. The normalized spacial score (nSPS) is 21.7. The smallest absolute Gasteiger partial charge is 0.253 e. The first kappa shape index (κ1) is 23.0. The number of thiophene rings is 1. The van der Waals surface area contributed by atoms with Crippen molar-refractivity contribution in [1.82, 2.24) is 14.5 Å². The highest BCUT2D eigenvalue weighted by Gasteiger charge is 2.55. The van der Waals surface area contributed by atoms with Crippen molar-refractivity contribution in [2.45, 2.75) is 57.1 Å². The second kappa shape index (κ2) is 9.47. The lowest BCUT2D eigenvalue weighted by atomic mass is 9.65. The Balaban J connectivity index is 1.32. The summed E-state index contributed by atoms with van der Waals surface area (Å²) in [5, 5.41) is 14.0. The second-order valence-corrected chi connectivity index (χ2v) is 10.8. The number of carbonyl (C=O) groups is 1. The van der Waals surface area contributed by atoms with Gasteiger partial charge in [-0.25, -0.2) is 4.98 Å². The van der Waals surface area contributed by atoms with Crippen LogP contribution in [0.1, 0.15) is 43.4 Å². The largest absolute Gasteiger partial charge is 0.387 e. The van der Waals surface area contributed by atoms with Crippen LogP contribution in [0.25, 0.3) is 11.3 Å². The summed E-state index contributed by atoms with van der Waals surface area (Å²) in [6.45, 7) is 1.30.